The number of fused-ring (bicyclic) bond motifs is 2. The molecule has 2 aliphatic carbocycles. The third-order valence-corrected chi connectivity index (χ3v) is 7.82. The summed E-state index contributed by atoms with van der Waals surface area (Å²) in [6, 6.07) is 9.47. The number of rotatable bonds is 4. The van der Waals surface area contributed by atoms with E-state index in [2.05, 4.69) is 25.7 Å². The van der Waals surface area contributed by atoms with Crippen LogP contribution in [0.3, 0.4) is 0 Å². The minimum atomic E-state index is -0.151. The number of nitrogens with zero attached hydrogens (tertiary/aromatic N) is 1. The van der Waals surface area contributed by atoms with Gasteiger partial charge >= 0.3 is 5.97 Å². The van der Waals surface area contributed by atoms with Gasteiger partial charge < -0.3 is 9.64 Å². The number of hydrogen-bond acceptors (Lipinski definition) is 3. The van der Waals surface area contributed by atoms with Crippen LogP contribution in [-0.4, -0.2) is 36.6 Å². The lowest BCUT2D eigenvalue weighted by molar-refractivity contribution is -0.0451. The standard InChI is InChI=1S/C22H31NO2.ClH/c1-21(2)18-11-12-22(21,3)19(17(18)15-23-13-7-8-14-23)25-20(24)16-9-5-4-6-10-16;/h4-6,9-10,17-19H,7-8,11-15H2,1-3H3;1H. The summed E-state index contributed by atoms with van der Waals surface area (Å²) in [5, 5.41) is 0. The van der Waals surface area contributed by atoms with Crippen LogP contribution in [0.2, 0.25) is 0 Å². The van der Waals surface area contributed by atoms with Gasteiger partial charge in [0, 0.05) is 17.9 Å². The fourth-order valence-corrected chi connectivity index (χ4v) is 5.96. The molecule has 2 bridgehead atoms. The van der Waals surface area contributed by atoms with Crippen molar-refractivity contribution in [3.63, 3.8) is 0 Å². The van der Waals surface area contributed by atoms with Crippen LogP contribution in [0.15, 0.2) is 30.3 Å². The highest BCUT2D eigenvalue weighted by Gasteiger charge is 2.67. The summed E-state index contributed by atoms with van der Waals surface area (Å²) in [6.45, 7) is 10.7. The van der Waals surface area contributed by atoms with Gasteiger partial charge in [-0.25, -0.2) is 4.79 Å². The van der Waals surface area contributed by atoms with Gasteiger partial charge in [0.15, 0.2) is 0 Å². The maximum atomic E-state index is 12.8. The third-order valence-electron chi connectivity index (χ3n) is 7.82. The van der Waals surface area contributed by atoms with Gasteiger partial charge in [-0.3, -0.25) is 0 Å². The molecular formula is C22H32ClNO2. The van der Waals surface area contributed by atoms with E-state index in [1.165, 1.54) is 38.8 Å². The molecule has 1 aromatic carbocycles. The molecule has 1 saturated heterocycles. The lowest BCUT2D eigenvalue weighted by atomic mass is 9.70. The summed E-state index contributed by atoms with van der Waals surface area (Å²) in [5.74, 6) is 0.979. The predicted molar refractivity (Wildman–Crippen MR) is 107 cm³/mol. The Morgan fingerprint density at radius 1 is 1.15 bits per heavy atom. The van der Waals surface area contributed by atoms with E-state index in [0.717, 1.165) is 6.54 Å². The summed E-state index contributed by atoms with van der Waals surface area (Å²) in [5.41, 5.74) is 0.998. The van der Waals surface area contributed by atoms with Crippen LogP contribution in [0, 0.1) is 22.7 Å². The summed E-state index contributed by atoms with van der Waals surface area (Å²) in [4.78, 5) is 15.4. The predicted octanol–water partition coefficient (Wildman–Crippen LogP) is 4.80. The Morgan fingerprint density at radius 2 is 1.81 bits per heavy atom. The maximum absolute atomic E-state index is 12.8. The van der Waals surface area contributed by atoms with Crippen LogP contribution in [0.1, 0.15) is 56.8 Å². The molecule has 4 atom stereocenters. The van der Waals surface area contributed by atoms with Crippen molar-refractivity contribution in [2.24, 2.45) is 22.7 Å². The lowest BCUT2D eigenvalue weighted by Crippen LogP contribution is -2.44. The molecule has 0 amide bonds. The molecule has 144 valence electrons. The summed E-state index contributed by atoms with van der Waals surface area (Å²) >= 11 is 0. The van der Waals surface area contributed by atoms with Crippen molar-refractivity contribution in [3.05, 3.63) is 35.9 Å². The van der Waals surface area contributed by atoms with Gasteiger partial charge in [-0.05, 0) is 62.2 Å². The van der Waals surface area contributed by atoms with Crippen LogP contribution in [0.5, 0.6) is 0 Å². The van der Waals surface area contributed by atoms with E-state index in [0.29, 0.717) is 17.4 Å². The minimum absolute atomic E-state index is 0. The molecular weight excluding hydrogens is 346 g/mol. The van der Waals surface area contributed by atoms with E-state index in [9.17, 15) is 4.79 Å². The first kappa shape index (κ1) is 19.7. The van der Waals surface area contributed by atoms with Crippen molar-refractivity contribution in [3.8, 4) is 0 Å². The summed E-state index contributed by atoms with van der Waals surface area (Å²) in [6.07, 6.45) is 5.11. The number of carbonyl (C=O) groups is 1. The second-order valence-electron chi connectivity index (χ2n) is 9.15. The molecule has 0 N–H and O–H groups in total. The number of ether oxygens (including phenoxy) is 1. The number of likely N-dealkylation sites (tertiary alicyclic amines) is 1. The van der Waals surface area contributed by atoms with Crippen LogP contribution in [-0.2, 0) is 4.74 Å². The van der Waals surface area contributed by atoms with Gasteiger partial charge in [0.1, 0.15) is 6.10 Å². The van der Waals surface area contributed by atoms with Crippen LogP contribution < -0.4 is 0 Å². The van der Waals surface area contributed by atoms with E-state index in [-0.39, 0.29) is 35.3 Å². The highest BCUT2D eigenvalue weighted by molar-refractivity contribution is 5.89. The lowest BCUT2D eigenvalue weighted by Gasteiger charge is -2.40. The molecule has 0 spiro atoms. The second-order valence-corrected chi connectivity index (χ2v) is 9.15. The van der Waals surface area contributed by atoms with Crippen molar-refractivity contribution < 1.29 is 9.53 Å². The highest BCUT2D eigenvalue weighted by Crippen LogP contribution is 2.68. The zero-order valence-corrected chi connectivity index (χ0v) is 17.1. The Morgan fingerprint density at radius 3 is 2.46 bits per heavy atom. The third kappa shape index (κ3) is 2.97. The molecule has 4 heteroatoms. The summed E-state index contributed by atoms with van der Waals surface area (Å²) < 4.78 is 6.23. The van der Waals surface area contributed by atoms with Gasteiger partial charge in [-0.15, -0.1) is 12.4 Å². The molecule has 26 heavy (non-hydrogen) atoms. The molecule has 3 aliphatic rings. The van der Waals surface area contributed by atoms with Crippen molar-refractivity contribution in [2.45, 2.75) is 52.6 Å². The molecule has 2 saturated carbocycles. The van der Waals surface area contributed by atoms with E-state index in [4.69, 9.17) is 4.74 Å². The minimum Gasteiger partial charge on any atom is -0.458 e. The molecule has 1 aromatic rings. The Kier molecular flexibility index (Phi) is 5.43. The zero-order chi connectivity index (χ0) is 17.7. The Labute approximate surface area is 163 Å². The van der Waals surface area contributed by atoms with E-state index in [1.54, 1.807) is 0 Å². The number of benzene rings is 1. The van der Waals surface area contributed by atoms with Crippen molar-refractivity contribution in [1.29, 1.82) is 0 Å². The van der Waals surface area contributed by atoms with Crippen molar-refractivity contribution in [1.82, 2.24) is 4.90 Å². The number of carbonyl (C=O) groups excluding carboxylic acids is 1. The largest absolute Gasteiger partial charge is 0.458 e. The Balaban J connectivity index is 0.00000196. The molecule has 4 unspecified atom stereocenters. The molecule has 3 fully saturated rings. The second kappa shape index (κ2) is 7.16. The zero-order valence-electron chi connectivity index (χ0n) is 16.2. The van der Waals surface area contributed by atoms with Crippen molar-refractivity contribution >= 4 is 18.4 Å². The number of esters is 1. The molecule has 0 radical (unpaired) electrons. The molecule has 0 aromatic heterocycles. The topological polar surface area (TPSA) is 29.5 Å². The monoisotopic (exact) mass is 377 g/mol. The quantitative estimate of drug-likeness (QED) is 0.705. The first-order valence-corrected chi connectivity index (χ1v) is 9.92. The highest BCUT2D eigenvalue weighted by atomic mass is 35.5. The molecule has 3 nitrogen and oxygen atoms in total. The number of hydrogen-bond donors (Lipinski definition) is 0. The first-order valence-electron chi connectivity index (χ1n) is 9.92. The van der Waals surface area contributed by atoms with Gasteiger partial charge in [-0.2, -0.15) is 0 Å². The average Bonchev–Trinajstić information content (AvgIpc) is 3.22. The van der Waals surface area contributed by atoms with Crippen LogP contribution in [0.4, 0.5) is 0 Å². The SMILES string of the molecule is CC1(C)C2CCC1(C)C(OC(=O)c1ccccc1)C2CN1CCCC1.Cl. The first-order chi connectivity index (χ1) is 11.9. The van der Waals surface area contributed by atoms with Crippen molar-refractivity contribution in [2.75, 3.05) is 19.6 Å². The fraction of sp³-hybridized carbons (Fsp3) is 0.682. The van der Waals surface area contributed by atoms with Crippen LogP contribution in [0.25, 0.3) is 0 Å². The molecule has 1 aliphatic heterocycles. The fourth-order valence-electron chi connectivity index (χ4n) is 5.96. The average molecular weight is 378 g/mol. The van der Waals surface area contributed by atoms with Gasteiger partial charge in [0.05, 0.1) is 5.56 Å². The Hall–Kier alpha value is -1.06. The summed E-state index contributed by atoms with van der Waals surface area (Å²) in [7, 11) is 0. The van der Waals surface area contributed by atoms with Gasteiger partial charge in [0.25, 0.3) is 0 Å². The van der Waals surface area contributed by atoms with E-state index in [1.807, 2.05) is 30.3 Å². The smallest absolute Gasteiger partial charge is 0.338 e. The van der Waals surface area contributed by atoms with E-state index >= 15 is 0 Å². The van der Waals surface area contributed by atoms with Gasteiger partial charge in [0.2, 0.25) is 0 Å². The normalized spacial score (nSPS) is 35.3. The number of halogens is 1. The molecule has 1 heterocycles. The van der Waals surface area contributed by atoms with Crippen LogP contribution >= 0.6 is 12.4 Å². The Bertz CT molecular complexity index is 641. The molecule has 4 rings (SSSR count). The van der Waals surface area contributed by atoms with E-state index < -0.39 is 0 Å². The maximum Gasteiger partial charge on any atom is 0.338 e. The van der Waals surface area contributed by atoms with Gasteiger partial charge in [-0.1, -0.05) is 39.0 Å².